The maximum absolute atomic E-state index is 12.5. The van der Waals surface area contributed by atoms with Gasteiger partial charge in [0.25, 0.3) is 0 Å². The second kappa shape index (κ2) is 8.43. The van der Waals surface area contributed by atoms with Gasteiger partial charge in [-0.15, -0.1) is 0 Å². The van der Waals surface area contributed by atoms with Crippen molar-refractivity contribution < 1.29 is 9.59 Å². The molecule has 0 saturated carbocycles. The van der Waals surface area contributed by atoms with E-state index < -0.39 is 0 Å². The first-order valence-electron chi connectivity index (χ1n) is 10.1. The number of aromatic nitrogens is 3. The topological polar surface area (TPSA) is 80.1 Å². The molecular formula is C22H25N5O2. The smallest absolute Gasteiger partial charge is 0.225 e. The van der Waals surface area contributed by atoms with E-state index in [0.717, 1.165) is 41.8 Å². The number of rotatable bonds is 5. The molecule has 1 fully saturated rings. The molecule has 0 radical (unpaired) electrons. The van der Waals surface area contributed by atoms with Crippen molar-refractivity contribution in [1.29, 1.82) is 0 Å². The number of nitrogens with zero attached hydrogens (tertiary/aromatic N) is 4. The van der Waals surface area contributed by atoms with Crippen molar-refractivity contribution in [2.75, 3.05) is 13.1 Å². The molecule has 1 atom stereocenters. The number of amides is 2. The third-order valence-electron chi connectivity index (χ3n) is 5.42. The van der Waals surface area contributed by atoms with E-state index in [1.807, 2.05) is 47.9 Å². The Morgan fingerprint density at radius 3 is 2.83 bits per heavy atom. The Bertz CT molecular complexity index is 1010. The molecule has 4 rings (SSSR count). The molecule has 0 aliphatic carbocycles. The van der Waals surface area contributed by atoms with Crippen LogP contribution < -0.4 is 5.32 Å². The first kappa shape index (κ1) is 19.1. The zero-order valence-electron chi connectivity index (χ0n) is 16.5. The van der Waals surface area contributed by atoms with Crippen molar-refractivity contribution in [1.82, 2.24) is 24.8 Å². The van der Waals surface area contributed by atoms with Crippen LogP contribution in [-0.2, 0) is 16.1 Å². The molecule has 2 amide bonds. The van der Waals surface area contributed by atoms with Gasteiger partial charge in [0.2, 0.25) is 11.8 Å². The quantitative estimate of drug-likeness (QED) is 0.725. The molecule has 29 heavy (non-hydrogen) atoms. The average Bonchev–Trinajstić information content (AvgIpc) is 3.21. The summed E-state index contributed by atoms with van der Waals surface area (Å²) in [6.07, 6.45) is 5.72. The number of pyridine rings is 1. The predicted molar refractivity (Wildman–Crippen MR) is 110 cm³/mol. The summed E-state index contributed by atoms with van der Waals surface area (Å²) in [5.74, 6) is 0.774. The number of carbonyl (C=O) groups excluding carboxylic acids is 2. The van der Waals surface area contributed by atoms with Crippen LogP contribution in [0.2, 0.25) is 0 Å². The molecule has 1 aromatic carbocycles. The SMILES string of the molecule is CCC(=O)N1CCCC(C(=O)NCc2ccc(-n3cnc4ccccc43)nc2)C1. The highest BCUT2D eigenvalue weighted by atomic mass is 16.2. The number of carbonyl (C=O) groups is 2. The number of piperidine rings is 1. The second-order valence-electron chi connectivity index (χ2n) is 7.38. The van der Waals surface area contributed by atoms with Gasteiger partial charge in [-0.1, -0.05) is 25.1 Å². The summed E-state index contributed by atoms with van der Waals surface area (Å²) < 4.78 is 1.94. The minimum atomic E-state index is -0.135. The fourth-order valence-electron chi connectivity index (χ4n) is 3.78. The van der Waals surface area contributed by atoms with Crippen LogP contribution in [0, 0.1) is 5.92 Å². The molecule has 1 aliphatic rings. The molecule has 3 heterocycles. The first-order chi connectivity index (χ1) is 14.2. The number of para-hydroxylation sites is 2. The van der Waals surface area contributed by atoms with Crippen molar-refractivity contribution in [2.24, 2.45) is 5.92 Å². The predicted octanol–water partition coefficient (Wildman–Crippen LogP) is 2.69. The summed E-state index contributed by atoms with van der Waals surface area (Å²) in [7, 11) is 0. The highest BCUT2D eigenvalue weighted by Crippen LogP contribution is 2.18. The fourth-order valence-corrected chi connectivity index (χ4v) is 3.78. The number of likely N-dealkylation sites (tertiary alicyclic amines) is 1. The van der Waals surface area contributed by atoms with Crippen LogP contribution in [-0.4, -0.2) is 44.3 Å². The number of fused-ring (bicyclic) bond motifs is 1. The number of benzene rings is 1. The zero-order valence-corrected chi connectivity index (χ0v) is 16.5. The van der Waals surface area contributed by atoms with Crippen LogP contribution in [0.25, 0.3) is 16.9 Å². The number of hydrogen-bond donors (Lipinski definition) is 1. The maximum Gasteiger partial charge on any atom is 0.225 e. The largest absolute Gasteiger partial charge is 0.352 e. The molecule has 3 aromatic rings. The normalized spacial score (nSPS) is 16.7. The second-order valence-corrected chi connectivity index (χ2v) is 7.38. The van der Waals surface area contributed by atoms with Gasteiger partial charge in [-0.05, 0) is 36.6 Å². The minimum Gasteiger partial charge on any atom is -0.352 e. The van der Waals surface area contributed by atoms with Crippen LogP contribution in [0.15, 0.2) is 48.9 Å². The Labute approximate surface area is 169 Å². The average molecular weight is 391 g/mol. The van der Waals surface area contributed by atoms with Crippen LogP contribution in [0.1, 0.15) is 31.7 Å². The van der Waals surface area contributed by atoms with Crippen molar-refractivity contribution in [3.63, 3.8) is 0 Å². The van der Waals surface area contributed by atoms with E-state index >= 15 is 0 Å². The standard InChI is InChI=1S/C22H25N5O2/c1-2-21(28)26-11-5-6-17(14-26)22(29)24-13-16-9-10-20(23-12-16)27-15-25-18-7-3-4-8-19(18)27/h3-4,7-10,12,15,17H,2,5-6,11,13-14H2,1H3,(H,24,29). The van der Waals surface area contributed by atoms with Crippen molar-refractivity contribution in [3.8, 4) is 5.82 Å². The summed E-state index contributed by atoms with van der Waals surface area (Å²) in [4.78, 5) is 35.2. The molecule has 150 valence electrons. The summed E-state index contributed by atoms with van der Waals surface area (Å²) >= 11 is 0. The number of imidazole rings is 1. The van der Waals surface area contributed by atoms with Gasteiger partial charge < -0.3 is 10.2 Å². The highest BCUT2D eigenvalue weighted by Gasteiger charge is 2.27. The monoisotopic (exact) mass is 391 g/mol. The van der Waals surface area contributed by atoms with E-state index in [4.69, 9.17) is 0 Å². The molecular weight excluding hydrogens is 366 g/mol. The lowest BCUT2D eigenvalue weighted by Crippen LogP contribution is -2.45. The molecule has 0 bridgehead atoms. The van der Waals surface area contributed by atoms with Gasteiger partial charge in [0.15, 0.2) is 0 Å². The minimum absolute atomic E-state index is 0.00304. The van der Waals surface area contributed by atoms with E-state index in [1.165, 1.54) is 0 Å². The van der Waals surface area contributed by atoms with Gasteiger partial charge in [0.05, 0.1) is 17.0 Å². The zero-order chi connectivity index (χ0) is 20.2. The van der Waals surface area contributed by atoms with E-state index in [0.29, 0.717) is 19.5 Å². The molecule has 1 aliphatic heterocycles. The molecule has 1 saturated heterocycles. The summed E-state index contributed by atoms with van der Waals surface area (Å²) in [6, 6.07) is 11.8. The Morgan fingerprint density at radius 1 is 1.17 bits per heavy atom. The van der Waals surface area contributed by atoms with Crippen LogP contribution in [0.3, 0.4) is 0 Å². The molecule has 1 N–H and O–H groups in total. The van der Waals surface area contributed by atoms with Crippen LogP contribution >= 0.6 is 0 Å². The molecule has 7 heteroatoms. The molecule has 2 aromatic heterocycles. The van der Waals surface area contributed by atoms with Gasteiger partial charge in [-0.25, -0.2) is 9.97 Å². The third kappa shape index (κ3) is 4.13. The molecule has 0 spiro atoms. The van der Waals surface area contributed by atoms with Gasteiger partial charge in [-0.3, -0.25) is 14.2 Å². The van der Waals surface area contributed by atoms with E-state index in [9.17, 15) is 9.59 Å². The van der Waals surface area contributed by atoms with Crippen molar-refractivity contribution >= 4 is 22.8 Å². The summed E-state index contributed by atoms with van der Waals surface area (Å²) in [5, 5.41) is 2.99. The molecule has 7 nitrogen and oxygen atoms in total. The van der Waals surface area contributed by atoms with Crippen molar-refractivity contribution in [3.05, 3.63) is 54.5 Å². The lowest BCUT2D eigenvalue weighted by atomic mass is 9.97. The fraction of sp³-hybridized carbons (Fsp3) is 0.364. The summed E-state index contributed by atoms with van der Waals surface area (Å²) in [6.45, 7) is 3.55. The van der Waals surface area contributed by atoms with E-state index in [1.54, 1.807) is 17.4 Å². The Morgan fingerprint density at radius 2 is 2.03 bits per heavy atom. The Kier molecular flexibility index (Phi) is 5.55. The summed E-state index contributed by atoms with van der Waals surface area (Å²) in [5.41, 5.74) is 2.86. The van der Waals surface area contributed by atoms with Crippen molar-refractivity contribution in [2.45, 2.75) is 32.7 Å². The first-order valence-corrected chi connectivity index (χ1v) is 10.1. The molecule has 1 unspecified atom stereocenters. The lowest BCUT2D eigenvalue weighted by Gasteiger charge is -2.31. The highest BCUT2D eigenvalue weighted by molar-refractivity contribution is 5.81. The number of hydrogen-bond acceptors (Lipinski definition) is 4. The van der Waals surface area contributed by atoms with Gasteiger partial charge in [0.1, 0.15) is 12.1 Å². The van der Waals surface area contributed by atoms with Crippen LogP contribution in [0.5, 0.6) is 0 Å². The Hall–Kier alpha value is -3.22. The maximum atomic E-state index is 12.5. The van der Waals surface area contributed by atoms with Gasteiger partial charge in [0, 0.05) is 32.3 Å². The van der Waals surface area contributed by atoms with Gasteiger partial charge >= 0.3 is 0 Å². The Balaban J connectivity index is 1.37. The lowest BCUT2D eigenvalue weighted by molar-refractivity contribution is -0.135. The van der Waals surface area contributed by atoms with Gasteiger partial charge in [-0.2, -0.15) is 0 Å². The number of nitrogens with one attached hydrogen (secondary N) is 1. The van der Waals surface area contributed by atoms with E-state index in [-0.39, 0.29) is 17.7 Å². The third-order valence-corrected chi connectivity index (χ3v) is 5.42. The van der Waals surface area contributed by atoms with Crippen LogP contribution in [0.4, 0.5) is 0 Å². The van der Waals surface area contributed by atoms with E-state index in [2.05, 4.69) is 15.3 Å².